The van der Waals surface area contributed by atoms with Crippen LogP contribution in [0.25, 0.3) is 17.2 Å². The van der Waals surface area contributed by atoms with E-state index in [4.69, 9.17) is 9.47 Å². The van der Waals surface area contributed by atoms with Crippen LogP contribution in [0.3, 0.4) is 0 Å². The van der Waals surface area contributed by atoms with Crippen molar-refractivity contribution in [3.05, 3.63) is 95.7 Å². The summed E-state index contributed by atoms with van der Waals surface area (Å²) in [6.07, 6.45) is 1.73. The highest BCUT2D eigenvalue weighted by Gasteiger charge is 2.26. The van der Waals surface area contributed by atoms with E-state index >= 15 is 0 Å². The standard InChI is InChI=1S/C24H19NO3/c1-2-27-22-11-7-6-10-20(22)23-25-21(24(26)28-23)16-17-12-14-19(15-13-17)18-8-4-3-5-9-18/h3-16H,2H2,1H3. The summed E-state index contributed by atoms with van der Waals surface area (Å²) < 4.78 is 11.0. The molecular formula is C24H19NO3. The van der Waals surface area contributed by atoms with Gasteiger partial charge in [-0.15, -0.1) is 0 Å². The van der Waals surface area contributed by atoms with Crippen LogP contribution in [0.1, 0.15) is 18.1 Å². The van der Waals surface area contributed by atoms with E-state index in [0.29, 0.717) is 17.9 Å². The fraction of sp³-hybridized carbons (Fsp3) is 0.0833. The molecule has 0 saturated heterocycles. The molecule has 1 heterocycles. The summed E-state index contributed by atoms with van der Waals surface area (Å²) in [5, 5.41) is 0. The second-order valence-corrected chi connectivity index (χ2v) is 6.25. The van der Waals surface area contributed by atoms with Gasteiger partial charge in [-0.2, -0.15) is 0 Å². The van der Waals surface area contributed by atoms with Crippen molar-refractivity contribution in [3.63, 3.8) is 0 Å². The molecule has 4 nitrogen and oxygen atoms in total. The Labute approximate surface area is 163 Å². The summed E-state index contributed by atoms with van der Waals surface area (Å²) in [4.78, 5) is 16.7. The number of ether oxygens (including phenoxy) is 2. The van der Waals surface area contributed by atoms with Gasteiger partial charge in [0.2, 0.25) is 5.90 Å². The van der Waals surface area contributed by atoms with Crippen LogP contribution in [0.15, 0.2) is 89.6 Å². The first-order chi connectivity index (χ1) is 13.7. The molecule has 3 aromatic rings. The summed E-state index contributed by atoms with van der Waals surface area (Å²) in [7, 11) is 0. The largest absolute Gasteiger partial charge is 0.493 e. The molecule has 0 atom stereocenters. The van der Waals surface area contributed by atoms with E-state index < -0.39 is 5.97 Å². The maximum Gasteiger partial charge on any atom is 0.363 e. The van der Waals surface area contributed by atoms with Gasteiger partial charge in [0.05, 0.1) is 12.2 Å². The zero-order chi connectivity index (χ0) is 19.3. The van der Waals surface area contributed by atoms with Gasteiger partial charge in [0.1, 0.15) is 5.75 Å². The Bertz CT molecular complexity index is 1050. The molecule has 0 unspecified atom stereocenters. The normalized spacial score (nSPS) is 14.7. The number of esters is 1. The summed E-state index contributed by atoms with van der Waals surface area (Å²) in [6.45, 7) is 2.43. The van der Waals surface area contributed by atoms with Gasteiger partial charge >= 0.3 is 5.97 Å². The van der Waals surface area contributed by atoms with E-state index in [1.807, 2.05) is 73.7 Å². The minimum atomic E-state index is -0.464. The van der Waals surface area contributed by atoms with Gasteiger partial charge in [-0.1, -0.05) is 66.7 Å². The first-order valence-corrected chi connectivity index (χ1v) is 9.15. The third-order valence-corrected chi connectivity index (χ3v) is 4.36. The number of para-hydroxylation sites is 1. The fourth-order valence-corrected chi connectivity index (χ4v) is 3.01. The molecule has 0 fully saturated rings. The maximum absolute atomic E-state index is 12.3. The molecule has 28 heavy (non-hydrogen) atoms. The minimum Gasteiger partial charge on any atom is -0.493 e. The SMILES string of the molecule is CCOc1ccccc1C1=NC(=Cc2ccc(-c3ccccc3)cc2)C(=O)O1. The predicted octanol–water partition coefficient (Wildman–Crippen LogP) is 5.10. The molecule has 0 bridgehead atoms. The monoisotopic (exact) mass is 369 g/mol. The second kappa shape index (κ2) is 7.92. The number of hydrogen-bond acceptors (Lipinski definition) is 4. The molecule has 0 amide bonds. The number of cyclic esters (lactones) is 1. The van der Waals surface area contributed by atoms with Crippen LogP contribution in [0.4, 0.5) is 0 Å². The number of benzene rings is 3. The molecule has 3 aromatic carbocycles. The third kappa shape index (κ3) is 3.71. The smallest absolute Gasteiger partial charge is 0.363 e. The fourth-order valence-electron chi connectivity index (χ4n) is 3.01. The van der Waals surface area contributed by atoms with E-state index in [1.54, 1.807) is 6.08 Å². The van der Waals surface area contributed by atoms with Crippen molar-refractivity contribution < 1.29 is 14.3 Å². The van der Waals surface area contributed by atoms with Crippen molar-refractivity contribution in [2.75, 3.05) is 6.61 Å². The molecule has 1 aliphatic rings. The Morgan fingerprint density at radius 1 is 0.893 bits per heavy atom. The van der Waals surface area contributed by atoms with Crippen molar-refractivity contribution in [1.29, 1.82) is 0 Å². The molecule has 0 aromatic heterocycles. The van der Waals surface area contributed by atoms with Crippen molar-refractivity contribution in [2.24, 2.45) is 4.99 Å². The Kier molecular flexibility index (Phi) is 5.02. The van der Waals surface area contributed by atoms with Crippen LogP contribution in [0, 0.1) is 0 Å². The first kappa shape index (κ1) is 17.7. The summed E-state index contributed by atoms with van der Waals surface area (Å²) in [5.41, 5.74) is 4.09. The predicted molar refractivity (Wildman–Crippen MR) is 110 cm³/mol. The zero-order valence-corrected chi connectivity index (χ0v) is 15.5. The Morgan fingerprint density at radius 3 is 2.32 bits per heavy atom. The van der Waals surface area contributed by atoms with E-state index in [2.05, 4.69) is 17.1 Å². The highest BCUT2D eigenvalue weighted by atomic mass is 16.6. The van der Waals surface area contributed by atoms with Crippen LogP contribution >= 0.6 is 0 Å². The summed E-state index contributed by atoms with van der Waals surface area (Å²) in [5.74, 6) is 0.444. The van der Waals surface area contributed by atoms with E-state index in [1.165, 1.54) is 0 Å². The third-order valence-electron chi connectivity index (χ3n) is 4.36. The van der Waals surface area contributed by atoms with Gasteiger partial charge in [-0.3, -0.25) is 0 Å². The topological polar surface area (TPSA) is 47.9 Å². The molecule has 1 aliphatic heterocycles. The van der Waals surface area contributed by atoms with E-state index in [0.717, 1.165) is 16.7 Å². The van der Waals surface area contributed by atoms with Crippen LogP contribution in [0.2, 0.25) is 0 Å². The number of carbonyl (C=O) groups excluding carboxylic acids is 1. The first-order valence-electron chi connectivity index (χ1n) is 9.15. The average Bonchev–Trinajstić information content (AvgIpc) is 3.10. The molecule has 4 heteroatoms. The number of nitrogens with zero attached hydrogens (tertiary/aromatic N) is 1. The minimum absolute atomic E-state index is 0.265. The Balaban J connectivity index is 1.61. The number of aliphatic imine (C=N–C) groups is 1. The number of hydrogen-bond donors (Lipinski definition) is 0. The Hall–Kier alpha value is -3.66. The van der Waals surface area contributed by atoms with E-state index in [-0.39, 0.29) is 11.6 Å². The van der Waals surface area contributed by atoms with Gasteiger partial charge < -0.3 is 9.47 Å². The lowest BCUT2D eigenvalue weighted by Crippen LogP contribution is -2.07. The van der Waals surface area contributed by atoms with E-state index in [9.17, 15) is 4.79 Å². The van der Waals surface area contributed by atoms with Crippen LogP contribution in [0.5, 0.6) is 5.75 Å². The maximum atomic E-state index is 12.3. The van der Waals surface area contributed by atoms with Crippen molar-refractivity contribution in [1.82, 2.24) is 0 Å². The van der Waals surface area contributed by atoms with Crippen LogP contribution in [-0.2, 0) is 9.53 Å². The zero-order valence-electron chi connectivity index (χ0n) is 15.5. The van der Waals surface area contributed by atoms with Crippen LogP contribution < -0.4 is 4.74 Å². The highest BCUT2D eigenvalue weighted by Crippen LogP contribution is 2.26. The lowest BCUT2D eigenvalue weighted by Gasteiger charge is -2.08. The molecule has 0 saturated carbocycles. The average molecular weight is 369 g/mol. The molecular weight excluding hydrogens is 350 g/mol. The van der Waals surface area contributed by atoms with Gasteiger partial charge in [0, 0.05) is 0 Å². The number of carbonyl (C=O) groups is 1. The summed E-state index contributed by atoms with van der Waals surface area (Å²) >= 11 is 0. The van der Waals surface area contributed by atoms with Crippen LogP contribution in [-0.4, -0.2) is 18.5 Å². The molecule has 4 rings (SSSR count). The molecule has 0 radical (unpaired) electrons. The Morgan fingerprint density at radius 2 is 1.57 bits per heavy atom. The highest BCUT2D eigenvalue weighted by molar-refractivity contribution is 6.13. The quantitative estimate of drug-likeness (QED) is 0.464. The second-order valence-electron chi connectivity index (χ2n) is 6.25. The number of rotatable bonds is 5. The van der Waals surface area contributed by atoms with Gasteiger partial charge in [0.25, 0.3) is 0 Å². The summed E-state index contributed by atoms with van der Waals surface area (Å²) in [6, 6.07) is 25.5. The van der Waals surface area contributed by atoms with Gasteiger partial charge in [-0.05, 0) is 41.8 Å². The molecule has 0 aliphatic carbocycles. The molecule has 0 N–H and O–H groups in total. The van der Waals surface area contributed by atoms with Gasteiger partial charge in [0.15, 0.2) is 5.70 Å². The van der Waals surface area contributed by atoms with Gasteiger partial charge in [-0.25, -0.2) is 9.79 Å². The van der Waals surface area contributed by atoms with Crippen molar-refractivity contribution in [2.45, 2.75) is 6.92 Å². The molecule has 0 spiro atoms. The lowest BCUT2D eigenvalue weighted by atomic mass is 10.0. The molecule has 138 valence electrons. The van der Waals surface area contributed by atoms with Crippen molar-refractivity contribution >= 4 is 17.9 Å². The van der Waals surface area contributed by atoms with Crippen molar-refractivity contribution in [3.8, 4) is 16.9 Å². The lowest BCUT2D eigenvalue weighted by molar-refractivity contribution is -0.129.